The van der Waals surface area contributed by atoms with Crippen molar-refractivity contribution in [1.82, 2.24) is 0 Å². The third kappa shape index (κ3) is 1.11. The minimum absolute atomic E-state index is 0.0664. The SMILES string of the molecule is N#Cc1ccc2c(c1F)B(O)OC2. The zero-order chi connectivity index (χ0) is 9.42. The van der Waals surface area contributed by atoms with E-state index in [1.807, 2.05) is 0 Å². The van der Waals surface area contributed by atoms with Crippen LogP contribution in [0.4, 0.5) is 4.39 Å². The number of fused-ring (bicyclic) bond motifs is 1. The lowest BCUT2D eigenvalue weighted by atomic mass is 9.78. The highest BCUT2D eigenvalue weighted by Gasteiger charge is 2.31. The van der Waals surface area contributed by atoms with Crippen LogP contribution in [0.15, 0.2) is 12.1 Å². The Labute approximate surface area is 74.5 Å². The highest BCUT2D eigenvalue weighted by molar-refractivity contribution is 6.61. The molecule has 0 amide bonds. The van der Waals surface area contributed by atoms with E-state index in [0.29, 0.717) is 5.56 Å². The molecule has 0 atom stereocenters. The molecule has 1 aromatic rings. The quantitative estimate of drug-likeness (QED) is 0.563. The summed E-state index contributed by atoms with van der Waals surface area (Å²) >= 11 is 0. The van der Waals surface area contributed by atoms with Crippen LogP contribution < -0.4 is 5.46 Å². The summed E-state index contributed by atoms with van der Waals surface area (Å²) in [5.41, 5.74) is 0.631. The maximum Gasteiger partial charge on any atom is 0.494 e. The van der Waals surface area contributed by atoms with Gasteiger partial charge in [0.15, 0.2) is 0 Å². The summed E-state index contributed by atoms with van der Waals surface area (Å²) in [4.78, 5) is 0. The minimum Gasteiger partial charge on any atom is -0.423 e. The first-order valence-corrected chi connectivity index (χ1v) is 3.75. The van der Waals surface area contributed by atoms with E-state index in [0.717, 1.165) is 0 Å². The smallest absolute Gasteiger partial charge is 0.423 e. The van der Waals surface area contributed by atoms with Crippen molar-refractivity contribution in [2.75, 3.05) is 0 Å². The average molecular weight is 177 g/mol. The number of halogens is 1. The molecule has 3 nitrogen and oxygen atoms in total. The first-order valence-electron chi connectivity index (χ1n) is 3.75. The summed E-state index contributed by atoms with van der Waals surface area (Å²) in [5, 5.41) is 17.7. The van der Waals surface area contributed by atoms with Gasteiger partial charge in [0, 0.05) is 5.46 Å². The van der Waals surface area contributed by atoms with E-state index in [1.54, 1.807) is 12.1 Å². The molecule has 5 heteroatoms. The predicted molar refractivity (Wildman–Crippen MR) is 43.5 cm³/mol. The van der Waals surface area contributed by atoms with Crippen LogP contribution in [0.25, 0.3) is 0 Å². The summed E-state index contributed by atoms with van der Waals surface area (Å²) in [6.07, 6.45) is 0. The van der Waals surface area contributed by atoms with Gasteiger partial charge in [-0.3, -0.25) is 0 Å². The standard InChI is InChI=1S/C8H5BFNO2/c10-8-5(3-11)1-2-6-4-13-9(12)7(6)8/h1-2,12H,4H2. The molecular weight excluding hydrogens is 172 g/mol. The first-order chi connectivity index (χ1) is 6.24. The van der Waals surface area contributed by atoms with Crippen LogP contribution in [0.2, 0.25) is 0 Å². The normalized spacial score (nSPS) is 14.1. The molecule has 0 unspecified atom stereocenters. The summed E-state index contributed by atoms with van der Waals surface area (Å²) in [6.45, 7) is 0.194. The van der Waals surface area contributed by atoms with Crippen LogP contribution in [0.5, 0.6) is 0 Å². The Hall–Kier alpha value is -1.38. The van der Waals surface area contributed by atoms with Crippen molar-refractivity contribution >= 4 is 12.6 Å². The number of rotatable bonds is 0. The minimum atomic E-state index is -1.23. The number of benzene rings is 1. The van der Waals surface area contributed by atoms with Crippen LogP contribution in [-0.2, 0) is 11.3 Å². The lowest BCUT2D eigenvalue weighted by Gasteiger charge is -2.00. The number of hydrogen-bond acceptors (Lipinski definition) is 3. The maximum atomic E-state index is 13.4. The maximum absolute atomic E-state index is 13.4. The zero-order valence-corrected chi connectivity index (χ0v) is 6.62. The fourth-order valence-electron chi connectivity index (χ4n) is 1.36. The summed E-state index contributed by atoms with van der Waals surface area (Å²) in [5.74, 6) is -0.676. The summed E-state index contributed by atoms with van der Waals surface area (Å²) in [6, 6.07) is 4.68. The Morgan fingerprint density at radius 1 is 1.62 bits per heavy atom. The largest absolute Gasteiger partial charge is 0.494 e. The monoisotopic (exact) mass is 177 g/mol. The Balaban J connectivity index is 2.65. The van der Waals surface area contributed by atoms with Crippen molar-refractivity contribution in [2.45, 2.75) is 6.61 Å². The second-order valence-electron chi connectivity index (χ2n) is 2.78. The molecule has 0 aromatic heterocycles. The molecule has 1 aliphatic rings. The van der Waals surface area contributed by atoms with Gasteiger partial charge in [-0.05, 0) is 11.6 Å². The Kier molecular flexibility index (Phi) is 1.80. The fraction of sp³-hybridized carbons (Fsp3) is 0.125. The molecule has 1 aliphatic heterocycles. The van der Waals surface area contributed by atoms with Crippen LogP contribution in [0.3, 0.4) is 0 Å². The lowest BCUT2D eigenvalue weighted by molar-refractivity contribution is 0.275. The van der Waals surface area contributed by atoms with Gasteiger partial charge in [0.1, 0.15) is 11.9 Å². The zero-order valence-electron chi connectivity index (χ0n) is 6.62. The molecule has 0 fully saturated rings. The predicted octanol–water partition coefficient (Wildman–Crippen LogP) is -0.0849. The molecule has 2 rings (SSSR count). The van der Waals surface area contributed by atoms with Gasteiger partial charge >= 0.3 is 7.12 Å². The summed E-state index contributed by atoms with van der Waals surface area (Å²) < 4.78 is 18.2. The molecule has 0 bridgehead atoms. The molecule has 0 saturated carbocycles. The van der Waals surface area contributed by atoms with E-state index in [2.05, 4.69) is 0 Å². The van der Waals surface area contributed by atoms with Gasteiger partial charge in [-0.1, -0.05) is 6.07 Å². The lowest BCUT2D eigenvalue weighted by Crippen LogP contribution is -2.31. The van der Waals surface area contributed by atoms with Crippen LogP contribution in [0.1, 0.15) is 11.1 Å². The van der Waals surface area contributed by atoms with Crippen molar-refractivity contribution in [2.24, 2.45) is 0 Å². The highest BCUT2D eigenvalue weighted by atomic mass is 19.1. The molecule has 1 heterocycles. The molecule has 1 aromatic carbocycles. The molecule has 64 valence electrons. The van der Waals surface area contributed by atoms with Gasteiger partial charge in [-0.15, -0.1) is 0 Å². The van der Waals surface area contributed by atoms with Gasteiger partial charge in [-0.25, -0.2) is 4.39 Å². The number of hydrogen-bond donors (Lipinski definition) is 1. The van der Waals surface area contributed by atoms with Gasteiger partial charge in [0.2, 0.25) is 0 Å². The first kappa shape index (κ1) is 8.23. The van der Waals surface area contributed by atoms with Gasteiger partial charge in [-0.2, -0.15) is 5.26 Å². The highest BCUT2D eigenvalue weighted by Crippen LogP contribution is 2.14. The van der Waals surface area contributed by atoms with E-state index < -0.39 is 12.9 Å². The van der Waals surface area contributed by atoms with Crippen molar-refractivity contribution in [3.63, 3.8) is 0 Å². The second-order valence-corrected chi connectivity index (χ2v) is 2.78. The van der Waals surface area contributed by atoms with Crippen LogP contribution >= 0.6 is 0 Å². The molecule has 0 radical (unpaired) electrons. The van der Waals surface area contributed by atoms with E-state index in [-0.39, 0.29) is 17.6 Å². The van der Waals surface area contributed by atoms with E-state index in [9.17, 15) is 9.41 Å². The Bertz CT molecular complexity index is 402. The van der Waals surface area contributed by atoms with Crippen molar-refractivity contribution in [3.05, 3.63) is 29.1 Å². The molecule has 0 spiro atoms. The molecular formula is C8H5BFNO2. The molecule has 0 aliphatic carbocycles. The topological polar surface area (TPSA) is 53.2 Å². The van der Waals surface area contributed by atoms with E-state index in [4.69, 9.17) is 9.92 Å². The summed E-state index contributed by atoms with van der Waals surface area (Å²) in [7, 11) is -1.23. The van der Waals surface area contributed by atoms with Gasteiger partial charge in [0.05, 0.1) is 12.2 Å². The second kappa shape index (κ2) is 2.84. The average Bonchev–Trinajstić information content (AvgIpc) is 2.49. The number of nitriles is 1. The Morgan fingerprint density at radius 3 is 3.08 bits per heavy atom. The van der Waals surface area contributed by atoms with Gasteiger partial charge in [0.25, 0.3) is 0 Å². The van der Waals surface area contributed by atoms with Crippen LogP contribution in [-0.4, -0.2) is 12.1 Å². The van der Waals surface area contributed by atoms with Crippen LogP contribution in [0, 0.1) is 17.1 Å². The molecule has 0 saturated heterocycles. The molecule has 13 heavy (non-hydrogen) atoms. The van der Waals surface area contributed by atoms with Gasteiger partial charge < -0.3 is 9.68 Å². The van der Waals surface area contributed by atoms with Crippen molar-refractivity contribution < 1.29 is 14.1 Å². The van der Waals surface area contributed by atoms with Crippen molar-refractivity contribution in [3.8, 4) is 6.07 Å². The number of nitrogens with zero attached hydrogens (tertiary/aromatic N) is 1. The van der Waals surface area contributed by atoms with Crippen molar-refractivity contribution in [1.29, 1.82) is 5.26 Å². The fourth-order valence-corrected chi connectivity index (χ4v) is 1.36. The molecule has 1 N–H and O–H groups in total. The Morgan fingerprint density at radius 2 is 2.38 bits per heavy atom. The van der Waals surface area contributed by atoms with E-state index >= 15 is 0 Å². The third-order valence-electron chi connectivity index (χ3n) is 2.03. The third-order valence-corrected chi connectivity index (χ3v) is 2.03. The van der Waals surface area contributed by atoms with E-state index in [1.165, 1.54) is 6.07 Å².